The Morgan fingerprint density at radius 2 is 1.77 bits per heavy atom. The minimum atomic E-state index is -1.13. The van der Waals surface area contributed by atoms with Crippen molar-refractivity contribution in [2.75, 3.05) is 11.9 Å². The van der Waals surface area contributed by atoms with Crippen LogP contribution in [0.25, 0.3) is 10.4 Å². The molecular formula is C20H16FNO3S. The Labute approximate surface area is 154 Å². The van der Waals surface area contributed by atoms with Crippen LogP contribution in [0.1, 0.15) is 25.6 Å². The average molecular weight is 369 g/mol. The number of benzene rings is 2. The molecule has 3 aromatic rings. The molecule has 0 aliphatic carbocycles. The van der Waals surface area contributed by atoms with Crippen molar-refractivity contribution in [1.82, 2.24) is 0 Å². The Morgan fingerprint density at radius 3 is 2.38 bits per heavy atom. The van der Waals surface area contributed by atoms with Crippen LogP contribution in [0, 0.1) is 12.7 Å². The van der Waals surface area contributed by atoms with Gasteiger partial charge in [-0.15, -0.1) is 11.3 Å². The van der Waals surface area contributed by atoms with Crippen molar-refractivity contribution in [2.45, 2.75) is 6.92 Å². The van der Waals surface area contributed by atoms with E-state index in [1.807, 2.05) is 19.1 Å². The molecule has 2 aromatic carbocycles. The van der Waals surface area contributed by atoms with Crippen molar-refractivity contribution in [3.8, 4) is 10.4 Å². The highest BCUT2D eigenvalue weighted by atomic mass is 32.1. The molecular weight excluding hydrogens is 353 g/mol. The lowest BCUT2D eigenvalue weighted by atomic mass is 10.1. The van der Waals surface area contributed by atoms with E-state index in [4.69, 9.17) is 0 Å². The molecule has 0 aliphatic heterocycles. The third kappa shape index (κ3) is 3.50. The van der Waals surface area contributed by atoms with E-state index in [0.29, 0.717) is 16.0 Å². The first-order valence-electron chi connectivity index (χ1n) is 7.84. The highest BCUT2D eigenvalue weighted by Gasteiger charge is 2.23. The Bertz CT molecular complexity index is 979. The largest absolute Gasteiger partial charge is 0.477 e. The lowest BCUT2D eigenvalue weighted by molar-refractivity contribution is 0.0703. The van der Waals surface area contributed by atoms with Crippen LogP contribution < -0.4 is 4.90 Å². The second-order valence-electron chi connectivity index (χ2n) is 5.87. The molecule has 1 amide bonds. The lowest BCUT2D eigenvalue weighted by Gasteiger charge is -2.17. The predicted molar refractivity (Wildman–Crippen MR) is 101 cm³/mol. The van der Waals surface area contributed by atoms with Gasteiger partial charge < -0.3 is 10.0 Å². The fraction of sp³-hybridized carbons (Fsp3) is 0.100. The molecule has 26 heavy (non-hydrogen) atoms. The van der Waals surface area contributed by atoms with E-state index in [2.05, 4.69) is 0 Å². The zero-order valence-electron chi connectivity index (χ0n) is 14.2. The highest BCUT2D eigenvalue weighted by Crippen LogP contribution is 2.37. The van der Waals surface area contributed by atoms with Gasteiger partial charge >= 0.3 is 5.97 Å². The second-order valence-corrected chi connectivity index (χ2v) is 6.92. The van der Waals surface area contributed by atoms with Crippen LogP contribution in [0.2, 0.25) is 0 Å². The van der Waals surface area contributed by atoms with Gasteiger partial charge in [-0.3, -0.25) is 4.79 Å². The van der Waals surface area contributed by atoms with Crippen molar-refractivity contribution in [3.63, 3.8) is 0 Å². The van der Waals surface area contributed by atoms with Gasteiger partial charge in [0.1, 0.15) is 10.7 Å². The molecule has 6 heteroatoms. The molecule has 0 unspecified atom stereocenters. The zero-order chi connectivity index (χ0) is 18.8. The number of carbonyl (C=O) groups excluding carboxylic acids is 1. The summed E-state index contributed by atoms with van der Waals surface area (Å²) < 4.78 is 13.5. The molecule has 4 nitrogen and oxygen atoms in total. The third-order valence-corrected chi connectivity index (χ3v) is 5.14. The maximum atomic E-state index is 13.5. The highest BCUT2D eigenvalue weighted by molar-refractivity contribution is 7.18. The van der Waals surface area contributed by atoms with Gasteiger partial charge in [-0.05, 0) is 42.8 Å². The summed E-state index contributed by atoms with van der Waals surface area (Å²) in [6.07, 6.45) is 0. The first-order chi connectivity index (χ1) is 12.4. The van der Waals surface area contributed by atoms with E-state index in [1.54, 1.807) is 30.3 Å². The summed E-state index contributed by atoms with van der Waals surface area (Å²) >= 11 is 1.01. The van der Waals surface area contributed by atoms with Gasteiger partial charge in [0.25, 0.3) is 5.91 Å². The molecule has 0 radical (unpaired) electrons. The number of anilines is 1. The van der Waals surface area contributed by atoms with Crippen LogP contribution >= 0.6 is 11.3 Å². The molecule has 1 N–H and O–H groups in total. The summed E-state index contributed by atoms with van der Waals surface area (Å²) in [6, 6.07) is 14.6. The number of carboxylic acids is 1. The summed E-state index contributed by atoms with van der Waals surface area (Å²) in [5.41, 5.74) is 2.35. The van der Waals surface area contributed by atoms with Crippen molar-refractivity contribution in [3.05, 3.63) is 76.4 Å². The zero-order valence-corrected chi connectivity index (χ0v) is 15.0. The summed E-state index contributed by atoms with van der Waals surface area (Å²) in [5, 5.41) is 9.52. The van der Waals surface area contributed by atoms with Crippen molar-refractivity contribution >= 4 is 28.9 Å². The number of hydrogen-bond acceptors (Lipinski definition) is 3. The predicted octanol–water partition coefficient (Wildman–Crippen LogP) is 4.84. The van der Waals surface area contributed by atoms with Gasteiger partial charge in [-0.25, -0.2) is 9.18 Å². The smallest absolute Gasteiger partial charge is 0.348 e. The first-order valence-corrected chi connectivity index (χ1v) is 8.66. The number of aryl methyl sites for hydroxylation is 1. The molecule has 0 spiro atoms. The summed E-state index contributed by atoms with van der Waals surface area (Å²) in [7, 11) is 1.53. The molecule has 0 saturated carbocycles. The topological polar surface area (TPSA) is 57.6 Å². The second kappa shape index (κ2) is 7.09. The molecule has 1 heterocycles. The fourth-order valence-electron chi connectivity index (χ4n) is 2.57. The van der Waals surface area contributed by atoms with Gasteiger partial charge in [-0.1, -0.05) is 29.8 Å². The average Bonchev–Trinajstić information content (AvgIpc) is 3.07. The fourth-order valence-corrected chi connectivity index (χ4v) is 3.59. The number of carbonyl (C=O) groups is 2. The Kier molecular flexibility index (Phi) is 4.86. The van der Waals surface area contributed by atoms with Crippen LogP contribution in [-0.4, -0.2) is 24.0 Å². The van der Waals surface area contributed by atoms with Crippen LogP contribution in [0.3, 0.4) is 0 Å². The van der Waals surface area contributed by atoms with Gasteiger partial charge in [0.2, 0.25) is 0 Å². The third-order valence-electron chi connectivity index (χ3n) is 3.98. The minimum absolute atomic E-state index is 0.0345. The molecule has 1 aromatic heterocycles. The number of amides is 1. The number of carboxylic acid groups (broad SMARTS) is 1. The van der Waals surface area contributed by atoms with Gasteiger partial charge in [0.05, 0.1) is 5.69 Å². The summed E-state index contributed by atoms with van der Waals surface area (Å²) in [5.74, 6) is -1.84. The maximum absolute atomic E-state index is 13.5. The maximum Gasteiger partial charge on any atom is 0.348 e. The van der Waals surface area contributed by atoms with Gasteiger partial charge in [-0.2, -0.15) is 0 Å². The molecule has 0 bridgehead atoms. The van der Waals surface area contributed by atoms with Crippen molar-refractivity contribution in [1.29, 1.82) is 0 Å². The van der Waals surface area contributed by atoms with Crippen LogP contribution in [0.5, 0.6) is 0 Å². The molecule has 0 aliphatic rings. The van der Waals surface area contributed by atoms with E-state index < -0.39 is 11.8 Å². The van der Waals surface area contributed by atoms with Crippen LogP contribution in [-0.2, 0) is 0 Å². The quantitative estimate of drug-likeness (QED) is 0.716. The number of aromatic carboxylic acids is 1. The molecule has 0 atom stereocenters. The Balaban J connectivity index is 2.01. The van der Waals surface area contributed by atoms with E-state index in [0.717, 1.165) is 16.9 Å². The van der Waals surface area contributed by atoms with Crippen LogP contribution in [0.4, 0.5) is 10.1 Å². The SMILES string of the molecule is Cc1ccc(C(=O)N(C)c2cc(-c3cccc(F)c3)sc2C(=O)O)cc1. The van der Waals surface area contributed by atoms with Crippen molar-refractivity contribution in [2.24, 2.45) is 0 Å². The van der Waals surface area contributed by atoms with Gasteiger partial charge in [0.15, 0.2) is 0 Å². The Hall–Kier alpha value is -2.99. The van der Waals surface area contributed by atoms with E-state index in [9.17, 15) is 19.1 Å². The van der Waals surface area contributed by atoms with Gasteiger partial charge in [0, 0.05) is 17.5 Å². The summed E-state index contributed by atoms with van der Waals surface area (Å²) in [4.78, 5) is 26.3. The standard InChI is InChI=1S/C20H16FNO3S/c1-12-6-8-13(9-7-12)19(23)22(2)16-11-17(26-18(16)20(24)25)14-4-3-5-15(21)10-14/h3-11H,1-2H3,(H,24,25). The monoisotopic (exact) mass is 369 g/mol. The number of hydrogen-bond donors (Lipinski definition) is 1. The lowest BCUT2D eigenvalue weighted by Crippen LogP contribution is -2.27. The minimum Gasteiger partial charge on any atom is -0.477 e. The molecule has 3 rings (SSSR count). The van der Waals surface area contributed by atoms with E-state index in [-0.39, 0.29) is 16.5 Å². The van der Waals surface area contributed by atoms with Crippen LogP contribution in [0.15, 0.2) is 54.6 Å². The summed E-state index contributed by atoms with van der Waals surface area (Å²) in [6.45, 7) is 1.92. The number of thiophene rings is 1. The van der Waals surface area contributed by atoms with Crippen molar-refractivity contribution < 1.29 is 19.1 Å². The van der Waals surface area contributed by atoms with E-state index in [1.165, 1.54) is 24.1 Å². The Morgan fingerprint density at radius 1 is 1.08 bits per heavy atom. The van der Waals surface area contributed by atoms with E-state index >= 15 is 0 Å². The molecule has 0 saturated heterocycles. The molecule has 0 fully saturated rings. The molecule has 132 valence electrons. The first kappa shape index (κ1) is 17.8. The number of nitrogens with zero attached hydrogens (tertiary/aromatic N) is 1. The normalized spacial score (nSPS) is 10.6. The number of halogens is 1. The number of rotatable bonds is 4.